The van der Waals surface area contributed by atoms with Crippen molar-refractivity contribution in [3.05, 3.63) is 16.3 Å². The Bertz CT molecular complexity index is 443. The first kappa shape index (κ1) is 12.2. The van der Waals surface area contributed by atoms with Crippen molar-refractivity contribution in [2.24, 2.45) is 11.8 Å². The van der Waals surface area contributed by atoms with Gasteiger partial charge in [0.1, 0.15) is 0 Å². The summed E-state index contributed by atoms with van der Waals surface area (Å²) in [5, 5.41) is 8.63. The van der Waals surface area contributed by atoms with Crippen LogP contribution in [-0.2, 0) is 11.3 Å². The van der Waals surface area contributed by atoms with Gasteiger partial charge in [0.2, 0.25) is 5.91 Å². The molecule has 0 aliphatic heterocycles. The number of nitrogens with one attached hydrogen (secondary N) is 2. The molecule has 2 N–H and O–H groups in total. The molecule has 2 bridgehead atoms. The second kappa shape index (κ2) is 5.02. The zero-order valence-electron chi connectivity index (χ0n) is 10.7. The van der Waals surface area contributed by atoms with Crippen LogP contribution in [0, 0.1) is 11.8 Å². The van der Waals surface area contributed by atoms with E-state index in [2.05, 4.69) is 10.6 Å². The fourth-order valence-corrected chi connectivity index (χ4v) is 4.28. The number of carbonyl (C=O) groups excluding carboxylic acids is 1. The Morgan fingerprint density at radius 1 is 1.44 bits per heavy atom. The van der Waals surface area contributed by atoms with E-state index in [1.807, 2.05) is 11.4 Å². The summed E-state index contributed by atoms with van der Waals surface area (Å²) in [6, 6.07) is 2.69. The summed E-state index contributed by atoms with van der Waals surface area (Å²) < 4.78 is 0. The molecule has 2 aliphatic carbocycles. The fraction of sp³-hybridized carbons (Fsp3) is 0.643. The zero-order chi connectivity index (χ0) is 12.5. The molecule has 3 rings (SSSR count). The topological polar surface area (TPSA) is 41.1 Å². The Kier molecular flexibility index (Phi) is 3.39. The molecule has 98 valence electrons. The molecule has 18 heavy (non-hydrogen) atoms. The molecule has 3 atom stereocenters. The van der Waals surface area contributed by atoms with Crippen molar-refractivity contribution in [3.63, 3.8) is 0 Å². The van der Waals surface area contributed by atoms with Crippen LogP contribution in [0.2, 0.25) is 0 Å². The first-order chi connectivity index (χ1) is 8.72. The molecule has 4 heteroatoms. The van der Waals surface area contributed by atoms with Crippen LogP contribution in [0.3, 0.4) is 0 Å². The van der Waals surface area contributed by atoms with Crippen molar-refractivity contribution in [1.82, 2.24) is 5.32 Å². The highest BCUT2D eigenvalue weighted by atomic mass is 32.1. The minimum Gasteiger partial charge on any atom is -0.325 e. The van der Waals surface area contributed by atoms with Gasteiger partial charge >= 0.3 is 0 Å². The summed E-state index contributed by atoms with van der Waals surface area (Å²) in [6.45, 7) is 2.45. The minimum atomic E-state index is 0.00886. The third-order valence-corrected chi connectivity index (χ3v) is 5.24. The van der Waals surface area contributed by atoms with Crippen molar-refractivity contribution >= 4 is 22.9 Å². The number of hydrogen-bond donors (Lipinski definition) is 2. The van der Waals surface area contributed by atoms with Gasteiger partial charge in [0.25, 0.3) is 0 Å². The van der Waals surface area contributed by atoms with Crippen LogP contribution in [0.15, 0.2) is 11.4 Å². The van der Waals surface area contributed by atoms with Crippen LogP contribution < -0.4 is 10.6 Å². The summed E-state index contributed by atoms with van der Waals surface area (Å²) in [7, 11) is 0. The van der Waals surface area contributed by atoms with Gasteiger partial charge in [-0.3, -0.25) is 4.79 Å². The molecule has 2 fully saturated rings. The molecule has 2 saturated carbocycles. The Hall–Kier alpha value is -0.870. The molecule has 0 saturated heterocycles. The summed E-state index contributed by atoms with van der Waals surface area (Å²) in [5.74, 6) is 1.89. The molecule has 0 radical (unpaired) electrons. The lowest BCUT2D eigenvalue weighted by molar-refractivity contribution is -0.114. The SMILES string of the molecule is CC(=O)Nc1ccsc1CNC1CC2CCC1C2. The van der Waals surface area contributed by atoms with Crippen LogP contribution in [0.25, 0.3) is 0 Å². The Labute approximate surface area is 112 Å². The van der Waals surface area contributed by atoms with Crippen molar-refractivity contribution in [2.75, 3.05) is 5.32 Å². The van der Waals surface area contributed by atoms with E-state index in [4.69, 9.17) is 0 Å². The molecule has 1 aromatic heterocycles. The maximum absolute atomic E-state index is 11.1. The molecule has 3 nitrogen and oxygen atoms in total. The quantitative estimate of drug-likeness (QED) is 0.878. The molecular weight excluding hydrogens is 244 g/mol. The van der Waals surface area contributed by atoms with Gasteiger partial charge in [0.05, 0.1) is 5.69 Å². The van der Waals surface area contributed by atoms with E-state index in [-0.39, 0.29) is 5.91 Å². The average molecular weight is 264 g/mol. The highest BCUT2D eigenvalue weighted by molar-refractivity contribution is 7.10. The minimum absolute atomic E-state index is 0.00886. The summed E-state index contributed by atoms with van der Waals surface area (Å²) in [5.41, 5.74) is 0.975. The van der Waals surface area contributed by atoms with Gasteiger partial charge in [-0.15, -0.1) is 11.3 Å². The maximum Gasteiger partial charge on any atom is 0.221 e. The van der Waals surface area contributed by atoms with Gasteiger partial charge in [-0.1, -0.05) is 6.42 Å². The molecule has 1 amide bonds. The second-order valence-corrected chi connectivity index (χ2v) is 6.60. The molecule has 0 aromatic carbocycles. The predicted molar refractivity (Wildman–Crippen MR) is 74.7 cm³/mol. The average Bonchev–Trinajstić information content (AvgIpc) is 3.01. The van der Waals surface area contributed by atoms with Gasteiger partial charge in [-0.25, -0.2) is 0 Å². The maximum atomic E-state index is 11.1. The van der Waals surface area contributed by atoms with E-state index in [0.717, 1.165) is 24.1 Å². The van der Waals surface area contributed by atoms with E-state index in [1.165, 1.54) is 30.6 Å². The smallest absolute Gasteiger partial charge is 0.221 e. The van der Waals surface area contributed by atoms with Gasteiger partial charge in [-0.05, 0) is 42.5 Å². The largest absolute Gasteiger partial charge is 0.325 e. The molecule has 2 aliphatic rings. The number of fused-ring (bicyclic) bond motifs is 2. The van der Waals surface area contributed by atoms with E-state index in [9.17, 15) is 4.79 Å². The molecule has 3 unspecified atom stereocenters. The van der Waals surface area contributed by atoms with Crippen LogP contribution in [0.5, 0.6) is 0 Å². The van der Waals surface area contributed by atoms with E-state index in [1.54, 1.807) is 18.3 Å². The summed E-state index contributed by atoms with van der Waals surface area (Å²) in [4.78, 5) is 12.3. The number of hydrogen-bond acceptors (Lipinski definition) is 3. The third-order valence-electron chi connectivity index (χ3n) is 4.32. The Morgan fingerprint density at radius 2 is 2.33 bits per heavy atom. The van der Waals surface area contributed by atoms with Crippen LogP contribution in [0.1, 0.15) is 37.5 Å². The van der Waals surface area contributed by atoms with Crippen LogP contribution in [0.4, 0.5) is 5.69 Å². The fourth-order valence-electron chi connectivity index (χ4n) is 3.50. The number of thiophene rings is 1. The van der Waals surface area contributed by atoms with Crippen molar-refractivity contribution in [3.8, 4) is 0 Å². The highest BCUT2D eigenvalue weighted by Gasteiger charge is 2.39. The van der Waals surface area contributed by atoms with E-state index >= 15 is 0 Å². The first-order valence-corrected chi connectivity index (χ1v) is 7.67. The molecule has 1 heterocycles. The van der Waals surface area contributed by atoms with Crippen molar-refractivity contribution in [1.29, 1.82) is 0 Å². The third kappa shape index (κ3) is 2.45. The lowest BCUT2D eigenvalue weighted by Crippen LogP contribution is -2.33. The second-order valence-electron chi connectivity index (χ2n) is 5.60. The van der Waals surface area contributed by atoms with Gasteiger partial charge in [0.15, 0.2) is 0 Å². The van der Waals surface area contributed by atoms with Crippen molar-refractivity contribution < 1.29 is 4.79 Å². The Morgan fingerprint density at radius 3 is 3.00 bits per heavy atom. The van der Waals surface area contributed by atoms with E-state index < -0.39 is 0 Å². The van der Waals surface area contributed by atoms with Crippen LogP contribution >= 0.6 is 11.3 Å². The summed E-state index contributed by atoms with van der Waals surface area (Å²) >= 11 is 1.72. The first-order valence-electron chi connectivity index (χ1n) is 6.79. The number of rotatable bonds is 4. The van der Waals surface area contributed by atoms with Crippen LogP contribution in [-0.4, -0.2) is 11.9 Å². The normalized spacial score (nSPS) is 29.7. The lowest BCUT2D eigenvalue weighted by Gasteiger charge is -2.22. The van der Waals surface area contributed by atoms with Gasteiger partial charge in [-0.2, -0.15) is 0 Å². The predicted octanol–water partition coefficient (Wildman–Crippen LogP) is 2.98. The molecule has 1 aromatic rings. The van der Waals surface area contributed by atoms with Crippen molar-refractivity contribution in [2.45, 2.75) is 45.2 Å². The number of anilines is 1. The standard InChI is InChI=1S/C14H20N2OS/c1-9(17)16-12-4-5-18-14(12)8-15-13-7-10-2-3-11(13)6-10/h4-5,10-11,13,15H,2-3,6-8H2,1H3,(H,16,17). The monoisotopic (exact) mass is 264 g/mol. The van der Waals surface area contributed by atoms with Gasteiger partial charge < -0.3 is 10.6 Å². The zero-order valence-corrected chi connectivity index (χ0v) is 11.6. The molecular formula is C14H20N2OS. The molecule has 0 spiro atoms. The summed E-state index contributed by atoms with van der Waals surface area (Å²) in [6.07, 6.45) is 5.64. The van der Waals surface area contributed by atoms with Gasteiger partial charge in [0, 0.05) is 24.4 Å². The number of carbonyl (C=O) groups is 1. The number of amides is 1. The van der Waals surface area contributed by atoms with E-state index in [0.29, 0.717) is 6.04 Å². The lowest BCUT2D eigenvalue weighted by atomic mass is 9.95. The highest BCUT2D eigenvalue weighted by Crippen LogP contribution is 2.44. The Balaban J connectivity index is 1.57.